The molecule has 3 rings (SSSR count). The zero-order valence-corrected chi connectivity index (χ0v) is 13.8. The molecule has 0 saturated carbocycles. The normalized spacial score (nSPS) is 11.9. The zero-order chi connectivity index (χ0) is 18.7. The van der Waals surface area contributed by atoms with Gasteiger partial charge in [-0.1, -0.05) is 17.3 Å². The molecule has 4 nitrogen and oxygen atoms in total. The Morgan fingerprint density at radius 3 is 2.23 bits per heavy atom. The molecule has 1 aromatic heterocycles. The van der Waals surface area contributed by atoms with Gasteiger partial charge in [-0.2, -0.15) is 18.2 Å². The highest BCUT2D eigenvalue weighted by molar-refractivity contribution is 5.53. The molecule has 0 aliphatic rings. The van der Waals surface area contributed by atoms with Crippen molar-refractivity contribution >= 4 is 0 Å². The molecule has 0 saturated heterocycles. The zero-order valence-electron chi connectivity index (χ0n) is 13.8. The van der Waals surface area contributed by atoms with E-state index in [0.29, 0.717) is 30.4 Å². The van der Waals surface area contributed by atoms with Crippen molar-refractivity contribution in [3.8, 4) is 11.4 Å². The highest BCUT2D eigenvalue weighted by atomic mass is 19.4. The maximum atomic E-state index is 12.9. The Morgan fingerprint density at radius 2 is 1.62 bits per heavy atom. The fourth-order valence-corrected chi connectivity index (χ4v) is 2.43. The second-order valence-corrected chi connectivity index (χ2v) is 5.89. The van der Waals surface area contributed by atoms with E-state index < -0.39 is 11.7 Å². The summed E-state index contributed by atoms with van der Waals surface area (Å²) in [6, 6.07) is 10.7. The molecule has 0 aliphatic heterocycles. The molecule has 0 atom stereocenters. The summed E-state index contributed by atoms with van der Waals surface area (Å²) >= 11 is 0. The summed E-state index contributed by atoms with van der Waals surface area (Å²) in [5.74, 6) is 0.357. The van der Waals surface area contributed by atoms with Crippen LogP contribution in [0.4, 0.5) is 17.6 Å². The second kappa shape index (κ2) is 7.25. The van der Waals surface area contributed by atoms with Crippen molar-refractivity contribution in [2.75, 3.05) is 7.05 Å². The molecule has 1 heterocycles. The molecule has 0 spiro atoms. The van der Waals surface area contributed by atoms with E-state index in [1.54, 1.807) is 19.2 Å². The summed E-state index contributed by atoms with van der Waals surface area (Å²) in [4.78, 5) is 6.09. The summed E-state index contributed by atoms with van der Waals surface area (Å²) in [7, 11) is 1.79. The van der Waals surface area contributed by atoms with Crippen molar-refractivity contribution in [3.63, 3.8) is 0 Å². The van der Waals surface area contributed by atoms with Gasteiger partial charge in [0.2, 0.25) is 11.7 Å². The van der Waals surface area contributed by atoms with Crippen LogP contribution in [0.25, 0.3) is 11.4 Å². The van der Waals surface area contributed by atoms with Crippen molar-refractivity contribution in [2.24, 2.45) is 0 Å². The molecule has 0 bridgehead atoms. The van der Waals surface area contributed by atoms with Crippen LogP contribution < -0.4 is 0 Å². The molecule has 0 amide bonds. The van der Waals surface area contributed by atoms with Crippen LogP contribution in [0.2, 0.25) is 0 Å². The quantitative estimate of drug-likeness (QED) is 0.623. The maximum absolute atomic E-state index is 12.9. The van der Waals surface area contributed by atoms with E-state index in [9.17, 15) is 17.6 Å². The highest BCUT2D eigenvalue weighted by Gasteiger charge is 2.29. The average Bonchev–Trinajstić information content (AvgIpc) is 3.03. The first-order valence-corrected chi connectivity index (χ1v) is 7.74. The Morgan fingerprint density at radius 1 is 0.962 bits per heavy atom. The molecule has 0 N–H and O–H groups in total. The summed E-state index contributed by atoms with van der Waals surface area (Å²) < 4.78 is 55.8. The molecule has 136 valence electrons. The van der Waals surface area contributed by atoms with Crippen LogP contribution in [0.1, 0.15) is 17.0 Å². The van der Waals surface area contributed by atoms with Gasteiger partial charge >= 0.3 is 6.18 Å². The Labute approximate surface area is 147 Å². The van der Waals surface area contributed by atoms with E-state index in [1.165, 1.54) is 24.3 Å². The van der Waals surface area contributed by atoms with Gasteiger partial charge in [0.25, 0.3) is 0 Å². The fraction of sp³-hybridized carbons (Fsp3) is 0.222. The van der Waals surface area contributed by atoms with E-state index >= 15 is 0 Å². The van der Waals surface area contributed by atoms with Crippen LogP contribution in [-0.2, 0) is 19.3 Å². The molecule has 0 unspecified atom stereocenters. The Kier molecular flexibility index (Phi) is 5.03. The fourth-order valence-electron chi connectivity index (χ4n) is 2.43. The van der Waals surface area contributed by atoms with Crippen LogP contribution in [0.3, 0.4) is 0 Å². The van der Waals surface area contributed by atoms with Gasteiger partial charge in [0.1, 0.15) is 5.82 Å². The van der Waals surface area contributed by atoms with Crippen molar-refractivity contribution in [1.82, 2.24) is 15.0 Å². The minimum absolute atomic E-state index is 0.329. The van der Waals surface area contributed by atoms with Crippen LogP contribution in [0.5, 0.6) is 0 Å². The van der Waals surface area contributed by atoms with Gasteiger partial charge in [-0.25, -0.2) is 4.39 Å². The maximum Gasteiger partial charge on any atom is 0.416 e. The number of benzene rings is 2. The largest absolute Gasteiger partial charge is 0.416 e. The number of halogens is 4. The van der Waals surface area contributed by atoms with Crippen LogP contribution in [-0.4, -0.2) is 22.1 Å². The molecule has 2 aromatic carbocycles. The van der Waals surface area contributed by atoms with Gasteiger partial charge in [0.05, 0.1) is 12.1 Å². The van der Waals surface area contributed by atoms with E-state index in [-0.39, 0.29) is 5.82 Å². The van der Waals surface area contributed by atoms with Crippen molar-refractivity contribution in [2.45, 2.75) is 19.3 Å². The van der Waals surface area contributed by atoms with Crippen molar-refractivity contribution in [1.29, 1.82) is 0 Å². The van der Waals surface area contributed by atoms with Gasteiger partial charge in [-0.05, 0) is 49.0 Å². The van der Waals surface area contributed by atoms with Crippen molar-refractivity contribution in [3.05, 3.63) is 71.4 Å². The number of hydrogen-bond donors (Lipinski definition) is 0. The molecule has 0 radical (unpaired) electrons. The number of nitrogens with zero attached hydrogens (tertiary/aromatic N) is 3. The minimum atomic E-state index is -4.34. The Balaban J connectivity index is 1.61. The molecule has 0 fully saturated rings. The Bertz CT molecular complexity index is 857. The molecule has 26 heavy (non-hydrogen) atoms. The van der Waals surface area contributed by atoms with E-state index in [1.807, 2.05) is 4.90 Å². The van der Waals surface area contributed by atoms with Gasteiger partial charge < -0.3 is 4.52 Å². The van der Waals surface area contributed by atoms with Crippen LogP contribution in [0, 0.1) is 5.82 Å². The first kappa shape index (κ1) is 18.1. The van der Waals surface area contributed by atoms with Crippen LogP contribution in [0.15, 0.2) is 53.1 Å². The SMILES string of the molecule is CN(Cc1ccc(C(F)(F)F)cc1)Cc1nc(-c2ccc(F)cc2)no1. The van der Waals surface area contributed by atoms with E-state index in [0.717, 1.165) is 17.7 Å². The van der Waals surface area contributed by atoms with Crippen LogP contribution >= 0.6 is 0 Å². The monoisotopic (exact) mass is 365 g/mol. The van der Waals surface area contributed by atoms with Gasteiger partial charge in [0.15, 0.2) is 0 Å². The number of hydrogen-bond acceptors (Lipinski definition) is 4. The van der Waals surface area contributed by atoms with Gasteiger partial charge in [0, 0.05) is 12.1 Å². The number of rotatable bonds is 5. The lowest BCUT2D eigenvalue weighted by Crippen LogP contribution is -2.17. The minimum Gasteiger partial charge on any atom is -0.338 e. The topological polar surface area (TPSA) is 42.2 Å². The third kappa shape index (κ3) is 4.45. The summed E-state index contributed by atoms with van der Waals surface area (Å²) in [5.41, 5.74) is 0.690. The smallest absolute Gasteiger partial charge is 0.338 e. The lowest BCUT2D eigenvalue weighted by Gasteiger charge is -2.14. The van der Waals surface area contributed by atoms with E-state index in [2.05, 4.69) is 10.1 Å². The summed E-state index contributed by atoms with van der Waals surface area (Å²) in [6.45, 7) is 0.752. The lowest BCUT2D eigenvalue weighted by atomic mass is 10.1. The van der Waals surface area contributed by atoms with E-state index in [4.69, 9.17) is 4.52 Å². The average molecular weight is 365 g/mol. The van der Waals surface area contributed by atoms with Gasteiger partial charge in [-0.15, -0.1) is 0 Å². The predicted molar refractivity (Wildman–Crippen MR) is 86.3 cm³/mol. The lowest BCUT2D eigenvalue weighted by molar-refractivity contribution is -0.137. The second-order valence-electron chi connectivity index (χ2n) is 5.89. The highest BCUT2D eigenvalue weighted by Crippen LogP contribution is 2.29. The standard InChI is InChI=1S/C18H15F4N3O/c1-25(10-12-2-6-14(7-3-12)18(20,21)22)11-16-23-17(24-26-16)13-4-8-15(19)9-5-13/h2-9H,10-11H2,1H3. The molecule has 0 aliphatic carbocycles. The molecule has 8 heteroatoms. The van der Waals surface area contributed by atoms with Crippen molar-refractivity contribution < 1.29 is 22.1 Å². The summed E-state index contributed by atoms with van der Waals surface area (Å²) in [6.07, 6.45) is -4.34. The first-order valence-electron chi connectivity index (χ1n) is 7.74. The third-order valence-corrected chi connectivity index (χ3v) is 3.71. The summed E-state index contributed by atoms with van der Waals surface area (Å²) in [5, 5.41) is 3.85. The molecular weight excluding hydrogens is 350 g/mol. The van der Waals surface area contributed by atoms with Gasteiger partial charge in [-0.3, -0.25) is 4.90 Å². The predicted octanol–water partition coefficient (Wildman–Crippen LogP) is 4.53. The molecule has 3 aromatic rings. The third-order valence-electron chi connectivity index (χ3n) is 3.71. The first-order chi connectivity index (χ1) is 12.3. The Hall–Kier alpha value is -2.74. The number of alkyl halides is 3. The number of aromatic nitrogens is 2. The molecular formula is C18H15F4N3O.